The quantitative estimate of drug-likeness (QED) is 0.0218. The predicted molar refractivity (Wildman–Crippen MR) is 217 cm³/mol. The molecule has 0 radical (unpaired) electrons. The van der Waals surface area contributed by atoms with E-state index in [1.807, 2.05) is 6.08 Å². The molecule has 0 bridgehead atoms. The van der Waals surface area contributed by atoms with Crippen molar-refractivity contribution in [1.29, 1.82) is 0 Å². The van der Waals surface area contributed by atoms with E-state index in [4.69, 9.17) is 4.52 Å². The average molecular weight is 737 g/mol. The topological polar surface area (TPSA) is 101 Å². The van der Waals surface area contributed by atoms with Crippen molar-refractivity contribution in [3.63, 3.8) is 0 Å². The van der Waals surface area contributed by atoms with Crippen molar-refractivity contribution >= 4 is 19.4 Å². The number of Topliss-reactive ketones (excluding diaryl/α,β-unsaturated/α-hetero) is 2. The predicted octanol–water partition coefficient (Wildman–Crippen LogP) is 12.1. The second-order valence-electron chi connectivity index (χ2n) is 15.4. The van der Waals surface area contributed by atoms with E-state index >= 15 is 0 Å². The van der Waals surface area contributed by atoms with Crippen molar-refractivity contribution in [1.82, 2.24) is 0 Å². The second kappa shape index (κ2) is 31.9. The van der Waals surface area contributed by atoms with Crippen LogP contribution < -0.4 is 0 Å². The van der Waals surface area contributed by atoms with E-state index in [2.05, 4.69) is 56.4 Å². The molecule has 0 saturated heterocycles. The normalized spacial score (nSPS) is 14.1. The van der Waals surface area contributed by atoms with Crippen LogP contribution in [0.5, 0.6) is 0 Å². The lowest BCUT2D eigenvalue weighted by Gasteiger charge is -2.37. The number of hydrogen-bond donors (Lipinski definition) is 2. The van der Waals surface area contributed by atoms with Crippen LogP contribution >= 0.6 is 7.82 Å². The molecule has 296 valence electrons. The zero-order chi connectivity index (χ0) is 38.1. The number of rotatable bonds is 36. The first-order valence-electron chi connectivity index (χ1n) is 20.6. The van der Waals surface area contributed by atoms with Crippen LogP contribution in [0.1, 0.15) is 181 Å². The highest BCUT2D eigenvalue weighted by Crippen LogP contribution is 2.44. The van der Waals surface area contributed by atoms with E-state index in [9.17, 15) is 23.9 Å². The highest BCUT2D eigenvalue weighted by atomic mass is 31.2. The number of carbonyl (C=O) groups excluding carboxylic acids is 2. The van der Waals surface area contributed by atoms with Crippen molar-refractivity contribution in [2.75, 3.05) is 27.7 Å². The van der Waals surface area contributed by atoms with Gasteiger partial charge in [0.1, 0.15) is 6.54 Å². The molecule has 0 rings (SSSR count). The Balaban J connectivity index is 4.69. The third kappa shape index (κ3) is 30.5. The molecular formula is C43H79NO6P+. The van der Waals surface area contributed by atoms with Gasteiger partial charge in [0, 0.05) is 12.8 Å². The number of carbonyl (C=O) groups is 2. The summed E-state index contributed by atoms with van der Waals surface area (Å²) in [7, 11) is 0.274. The van der Waals surface area contributed by atoms with Gasteiger partial charge in [-0.2, -0.15) is 0 Å². The zero-order valence-electron chi connectivity index (χ0n) is 33.6. The van der Waals surface area contributed by atoms with Crippen LogP contribution in [0.2, 0.25) is 0 Å². The molecule has 0 aromatic rings. The average Bonchev–Trinajstić information content (AvgIpc) is 3.06. The molecule has 0 aliphatic heterocycles. The van der Waals surface area contributed by atoms with E-state index in [1.54, 1.807) is 21.1 Å². The molecule has 51 heavy (non-hydrogen) atoms. The van der Waals surface area contributed by atoms with E-state index in [0.717, 1.165) is 44.9 Å². The van der Waals surface area contributed by atoms with Gasteiger partial charge in [-0.25, -0.2) is 4.57 Å². The highest BCUT2D eigenvalue weighted by molar-refractivity contribution is 7.46. The lowest BCUT2D eigenvalue weighted by atomic mass is 9.86. The number of hydrogen-bond acceptors (Lipinski definition) is 4. The summed E-state index contributed by atoms with van der Waals surface area (Å²) in [6, 6.07) is 0. The summed E-state index contributed by atoms with van der Waals surface area (Å²) in [6.45, 7) is 4.35. The maximum Gasteiger partial charge on any atom is 0.471 e. The second-order valence-corrected chi connectivity index (χ2v) is 16.5. The van der Waals surface area contributed by atoms with Crippen molar-refractivity contribution in [3.8, 4) is 0 Å². The third-order valence-electron chi connectivity index (χ3n) is 9.11. The SMILES string of the molecule is CCCCCC=CCC=CCC=CCC=CCCCC(=O)C(C[N+](C)(C)C)(OP(=O)(O)O)C(=O)CCCCCCCCCCCCCCCCC. The molecule has 0 spiro atoms. The smallest absolute Gasteiger partial charge is 0.328 e. The van der Waals surface area contributed by atoms with Gasteiger partial charge in [0.05, 0.1) is 21.1 Å². The largest absolute Gasteiger partial charge is 0.471 e. The molecule has 7 nitrogen and oxygen atoms in total. The fourth-order valence-corrected chi connectivity index (χ4v) is 7.00. The van der Waals surface area contributed by atoms with Gasteiger partial charge >= 0.3 is 7.82 Å². The molecule has 0 aliphatic rings. The number of unbranched alkanes of at least 4 members (excludes halogenated alkanes) is 18. The maximum absolute atomic E-state index is 13.6. The van der Waals surface area contributed by atoms with Gasteiger partial charge in [-0.1, -0.05) is 165 Å². The van der Waals surface area contributed by atoms with Crippen molar-refractivity contribution < 1.29 is 32.9 Å². The third-order valence-corrected chi connectivity index (χ3v) is 9.66. The van der Waals surface area contributed by atoms with Crippen LogP contribution in [0.25, 0.3) is 0 Å². The monoisotopic (exact) mass is 737 g/mol. The highest BCUT2D eigenvalue weighted by Gasteiger charge is 2.53. The van der Waals surface area contributed by atoms with Gasteiger partial charge in [0.25, 0.3) is 0 Å². The van der Waals surface area contributed by atoms with E-state index in [-0.39, 0.29) is 23.9 Å². The Morgan fingerprint density at radius 1 is 0.529 bits per heavy atom. The van der Waals surface area contributed by atoms with Gasteiger partial charge in [0.2, 0.25) is 5.60 Å². The summed E-state index contributed by atoms with van der Waals surface area (Å²) in [5.74, 6) is -1.06. The molecule has 0 fully saturated rings. The minimum Gasteiger partial charge on any atom is -0.328 e. The zero-order valence-corrected chi connectivity index (χ0v) is 34.5. The summed E-state index contributed by atoms with van der Waals surface area (Å²) >= 11 is 0. The number of quaternary nitrogens is 1. The van der Waals surface area contributed by atoms with Gasteiger partial charge in [-0.15, -0.1) is 0 Å². The van der Waals surface area contributed by atoms with Gasteiger partial charge in [-0.05, 0) is 51.4 Å². The fraction of sp³-hybridized carbons (Fsp3) is 0.767. The van der Waals surface area contributed by atoms with Gasteiger partial charge in [0.15, 0.2) is 11.6 Å². The molecule has 0 aliphatic carbocycles. The van der Waals surface area contributed by atoms with Crippen LogP contribution in [-0.2, 0) is 18.7 Å². The summed E-state index contributed by atoms with van der Waals surface area (Å²) in [4.78, 5) is 46.9. The fourth-order valence-electron chi connectivity index (χ4n) is 6.34. The molecular weight excluding hydrogens is 657 g/mol. The molecule has 0 amide bonds. The lowest BCUT2D eigenvalue weighted by molar-refractivity contribution is -0.874. The van der Waals surface area contributed by atoms with Crippen LogP contribution in [-0.4, -0.2) is 59.1 Å². The van der Waals surface area contributed by atoms with Crippen LogP contribution in [0.15, 0.2) is 48.6 Å². The summed E-state index contributed by atoms with van der Waals surface area (Å²) in [5.41, 5.74) is -2.15. The Bertz CT molecular complexity index is 1040. The number of phosphoric acid groups is 1. The first kappa shape index (κ1) is 49.4. The summed E-state index contributed by atoms with van der Waals surface area (Å²) < 4.78 is 17.5. The first-order chi connectivity index (χ1) is 24.4. The Morgan fingerprint density at radius 3 is 1.25 bits per heavy atom. The molecule has 2 N–H and O–H groups in total. The van der Waals surface area contributed by atoms with Crippen LogP contribution in [0, 0.1) is 0 Å². The Hall–Kier alpha value is -1.63. The Labute approximate surface area is 314 Å². The number of nitrogens with zero attached hydrogens (tertiary/aromatic N) is 1. The van der Waals surface area contributed by atoms with Crippen molar-refractivity contribution in [3.05, 3.63) is 48.6 Å². The lowest BCUT2D eigenvalue weighted by Crippen LogP contribution is -2.59. The molecule has 1 unspecified atom stereocenters. The molecule has 0 heterocycles. The minimum absolute atomic E-state index is 0.0165. The molecule has 1 atom stereocenters. The number of allylic oxidation sites excluding steroid dienone is 8. The summed E-state index contributed by atoms with van der Waals surface area (Å²) in [6.07, 6.45) is 44.1. The molecule has 0 saturated carbocycles. The number of ketones is 2. The van der Waals surface area contributed by atoms with Gasteiger partial charge in [-0.3, -0.25) is 14.1 Å². The molecule has 0 aromatic carbocycles. The van der Waals surface area contributed by atoms with E-state index in [0.29, 0.717) is 19.3 Å². The molecule has 8 heteroatoms. The Morgan fingerprint density at radius 2 is 0.863 bits per heavy atom. The number of phosphoric ester groups is 1. The van der Waals surface area contributed by atoms with Crippen LogP contribution in [0.4, 0.5) is 0 Å². The molecule has 0 aromatic heterocycles. The summed E-state index contributed by atoms with van der Waals surface area (Å²) in [5, 5.41) is 0. The standard InChI is InChI=1S/C43H78NO6P/c1-6-8-10-12-14-16-18-20-22-23-25-27-29-31-33-35-37-39-42(46)43(40-44(3,4)5,50-51(47,48)49)41(45)38-36-34-32-30-28-26-24-21-19-17-15-13-11-9-7-2/h14,16,20,22,25,27,31,33H,6-13,15,17-19,21,23-24,26,28-30,32,34-40H2,1-5H3,(H-,47,48,49)/p+1. The number of likely N-dealkylation sites (N-methyl/N-ethyl adjacent to an activating group) is 1. The first-order valence-corrected chi connectivity index (χ1v) is 22.1. The van der Waals surface area contributed by atoms with E-state index < -0.39 is 25.0 Å². The van der Waals surface area contributed by atoms with E-state index in [1.165, 1.54) is 89.9 Å². The van der Waals surface area contributed by atoms with Crippen molar-refractivity contribution in [2.45, 2.75) is 186 Å². The van der Waals surface area contributed by atoms with Gasteiger partial charge < -0.3 is 14.3 Å². The minimum atomic E-state index is -5.11. The van der Waals surface area contributed by atoms with Crippen molar-refractivity contribution in [2.24, 2.45) is 0 Å². The Kier molecular flexibility index (Phi) is 30.8. The maximum atomic E-state index is 13.6. The van der Waals surface area contributed by atoms with Crippen LogP contribution in [0.3, 0.4) is 0 Å².